The lowest BCUT2D eigenvalue weighted by atomic mass is 10.1. The first-order chi connectivity index (χ1) is 7.83. The molecule has 1 aliphatic heterocycles. The molecule has 1 aromatic carbocycles. The van der Waals surface area contributed by atoms with Gasteiger partial charge in [0.25, 0.3) is 0 Å². The largest absolute Gasteiger partial charge is 0.396 e. The van der Waals surface area contributed by atoms with Gasteiger partial charge >= 0.3 is 0 Å². The van der Waals surface area contributed by atoms with Crippen LogP contribution in [0.4, 0.5) is 0 Å². The van der Waals surface area contributed by atoms with Crippen molar-refractivity contribution < 1.29 is 9.90 Å². The molecule has 4 heteroatoms. The minimum atomic E-state index is 0.125. The van der Waals surface area contributed by atoms with Gasteiger partial charge in [0.2, 0.25) is 0 Å². The molecule has 1 heterocycles. The Bertz CT molecular complexity index is 338. The Morgan fingerprint density at radius 1 is 1.31 bits per heavy atom. The number of nitrogens with zero attached hydrogens (tertiary/aromatic N) is 1. The Kier molecular flexibility index (Phi) is 6.53. The highest BCUT2D eigenvalue weighted by Crippen LogP contribution is 2.05. The van der Waals surface area contributed by atoms with Crippen molar-refractivity contribution in [3.8, 4) is 0 Å². The van der Waals surface area contributed by atoms with E-state index in [0.717, 1.165) is 12.8 Å². The van der Waals surface area contributed by atoms with E-state index in [1.54, 1.807) is 0 Å². The number of ketones is 1. The van der Waals surface area contributed by atoms with E-state index in [2.05, 4.69) is 16.5 Å². The summed E-state index contributed by atoms with van der Waals surface area (Å²) >= 11 is 1.30. The van der Waals surface area contributed by atoms with Crippen LogP contribution in [0, 0.1) is 0 Å². The number of rotatable bonds is 3. The Balaban J connectivity index is 0.000000181. The Morgan fingerprint density at radius 2 is 2.06 bits per heavy atom. The van der Waals surface area contributed by atoms with Crippen molar-refractivity contribution in [3.63, 3.8) is 0 Å². The molecule has 0 amide bonds. The van der Waals surface area contributed by atoms with Crippen LogP contribution in [0.1, 0.15) is 12.0 Å². The fourth-order valence-corrected chi connectivity index (χ4v) is 1.63. The van der Waals surface area contributed by atoms with Crippen LogP contribution in [0.25, 0.3) is 0 Å². The van der Waals surface area contributed by atoms with Crippen LogP contribution in [0.5, 0.6) is 0 Å². The minimum Gasteiger partial charge on any atom is -0.396 e. The fraction of sp³-hybridized carbons (Fsp3) is 0.333. The number of aliphatic hydroxyl groups excluding tert-OH is 1. The van der Waals surface area contributed by atoms with E-state index in [4.69, 9.17) is 5.11 Å². The van der Waals surface area contributed by atoms with E-state index in [0.29, 0.717) is 5.75 Å². The molecule has 2 rings (SSSR count). The topological polar surface area (TPSA) is 49.7 Å². The Morgan fingerprint density at radius 3 is 2.50 bits per heavy atom. The number of aliphatic hydroxyl groups is 1. The maximum Gasteiger partial charge on any atom is 0.186 e. The number of hydrogen-bond acceptors (Lipinski definition) is 4. The van der Waals surface area contributed by atoms with Crippen LogP contribution in [0.3, 0.4) is 0 Å². The van der Waals surface area contributed by atoms with Crippen LogP contribution in [-0.2, 0) is 11.2 Å². The van der Waals surface area contributed by atoms with Crippen molar-refractivity contribution >= 4 is 23.9 Å². The molecule has 0 bridgehead atoms. The van der Waals surface area contributed by atoms with E-state index in [1.165, 1.54) is 23.7 Å². The molecule has 0 atom stereocenters. The number of carbonyl (C=O) groups excluding carboxylic acids is 1. The van der Waals surface area contributed by atoms with Crippen LogP contribution in [0.15, 0.2) is 34.7 Å². The molecule has 1 N–H and O–H groups in total. The number of Topliss-reactive ketones (excluding diaryl/α,β-unsaturated/α-hetero) is 1. The first-order valence-electron chi connectivity index (χ1n) is 5.16. The second-order valence-corrected chi connectivity index (χ2v) is 4.04. The zero-order valence-electron chi connectivity index (χ0n) is 9.00. The van der Waals surface area contributed by atoms with Gasteiger partial charge in [0, 0.05) is 6.61 Å². The van der Waals surface area contributed by atoms with Gasteiger partial charge in [0.15, 0.2) is 5.78 Å². The molecule has 1 aliphatic rings. The van der Waals surface area contributed by atoms with E-state index in [1.807, 2.05) is 18.2 Å². The van der Waals surface area contributed by atoms with Crippen molar-refractivity contribution in [1.29, 1.82) is 0 Å². The lowest BCUT2D eigenvalue weighted by Gasteiger charge is -1.96. The van der Waals surface area contributed by atoms with E-state index in [-0.39, 0.29) is 12.4 Å². The number of hydrogen-bond donors (Lipinski definition) is 1. The first kappa shape index (κ1) is 12.9. The predicted octanol–water partition coefficient (Wildman–Crippen LogP) is 1.90. The van der Waals surface area contributed by atoms with Gasteiger partial charge in [-0.2, -0.15) is 0 Å². The van der Waals surface area contributed by atoms with E-state index < -0.39 is 0 Å². The first-order valence-corrected chi connectivity index (χ1v) is 6.10. The molecule has 0 aliphatic carbocycles. The summed E-state index contributed by atoms with van der Waals surface area (Å²) in [6.45, 7) is 0.287. The summed E-state index contributed by atoms with van der Waals surface area (Å²) < 4.78 is 3.61. The van der Waals surface area contributed by atoms with Crippen LogP contribution < -0.4 is 0 Å². The molecule has 3 nitrogen and oxygen atoms in total. The van der Waals surface area contributed by atoms with Gasteiger partial charge in [-0.05, 0) is 30.4 Å². The van der Waals surface area contributed by atoms with Crippen molar-refractivity contribution in [2.75, 3.05) is 12.4 Å². The van der Waals surface area contributed by atoms with Gasteiger partial charge in [0.1, 0.15) is 0 Å². The summed E-state index contributed by atoms with van der Waals surface area (Å²) in [7, 11) is 0. The third-order valence-electron chi connectivity index (χ3n) is 1.94. The second kappa shape index (κ2) is 8.07. The summed E-state index contributed by atoms with van der Waals surface area (Å²) in [4.78, 5) is 10.1. The zero-order chi connectivity index (χ0) is 11.6. The summed E-state index contributed by atoms with van der Waals surface area (Å²) in [5, 5.41) is 8.53. The van der Waals surface area contributed by atoms with Gasteiger partial charge in [0.05, 0.1) is 12.0 Å². The van der Waals surface area contributed by atoms with Crippen molar-refractivity contribution in [2.24, 2.45) is 4.40 Å². The standard InChI is InChI=1S/C9H12O.C3H3NOS/c10-8-4-7-9-5-2-1-3-6-9;5-3-1-4-6-2-3/h1-3,5-6,10H,4,7-8H2;1H,2H2. The van der Waals surface area contributed by atoms with Gasteiger partial charge in [-0.3, -0.25) is 4.79 Å². The lowest BCUT2D eigenvalue weighted by molar-refractivity contribution is -0.110. The van der Waals surface area contributed by atoms with Crippen LogP contribution >= 0.6 is 11.9 Å². The normalized spacial score (nSPS) is 13.4. The van der Waals surface area contributed by atoms with Gasteiger partial charge in [-0.25, -0.2) is 4.40 Å². The molecular formula is C12H15NO2S. The van der Waals surface area contributed by atoms with Gasteiger partial charge in [-0.1, -0.05) is 30.3 Å². The molecule has 1 aromatic rings. The maximum absolute atomic E-state index is 10.1. The highest BCUT2D eigenvalue weighted by molar-refractivity contribution is 7.99. The predicted molar refractivity (Wildman–Crippen MR) is 67.8 cm³/mol. The number of benzene rings is 1. The average molecular weight is 237 g/mol. The SMILES string of the molecule is O=C1C=NSC1.OCCCc1ccccc1. The molecule has 86 valence electrons. The van der Waals surface area contributed by atoms with Crippen molar-refractivity contribution in [3.05, 3.63) is 35.9 Å². The molecule has 0 saturated heterocycles. The summed E-state index contributed by atoms with van der Waals surface area (Å²) in [5.74, 6) is 0.667. The minimum absolute atomic E-state index is 0.125. The molecule has 0 unspecified atom stereocenters. The summed E-state index contributed by atoms with van der Waals surface area (Å²) in [6, 6.07) is 10.2. The second-order valence-electron chi connectivity index (χ2n) is 3.29. The number of carbonyl (C=O) groups is 1. The quantitative estimate of drug-likeness (QED) is 0.817. The lowest BCUT2D eigenvalue weighted by Crippen LogP contribution is -1.93. The molecule has 0 radical (unpaired) electrons. The molecular weight excluding hydrogens is 222 g/mol. The van der Waals surface area contributed by atoms with E-state index in [9.17, 15) is 4.79 Å². The molecule has 0 saturated carbocycles. The van der Waals surface area contributed by atoms with Crippen molar-refractivity contribution in [1.82, 2.24) is 0 Å². The monoisotopic (exact) mass is 237 g/mol. The van der Waals surface area contributed by atoms with E-state index >= 15 is 0 Å². The van der Waals surface area contributed by atoms with Gasteiger partial charge < -0.3 is 5.11 Å². The van der Waals surface area contributed by atoms with Crippen LogP contribution in [-0.4, -0.2) is 29.5 Å². The maximum atomic E-state index is 10.1. The highest BCUT2D eigenvalue weighted by atomic mass is 32.2. The average Bonchev–Trinajstić information content (AvgIpc) is 2.80. The number of aryl methyl sites for hydroxylation is 1. The molecule has 0 fully saturated rings. The summed E-state index contributed by atoms with van der Waals surface area (Å²) in [5.41, 5.74) is 1.30. The summed E-state index contributed by atoms with van der Waals surface area (Å²) in [6.07, 6.45) is 3.20. The third-order valence-corrected chi connectivity index (χ3v) is 2.61. The fourth-order valence-electron chi connectivity index (χ4n) is 1.16. The van der Waals surface area contributed by atoms with Crippen molar-refractivity contribution in [2.45, 2.75) is 12.8 Å². The molecule has 0 aromatic heterocycles. The zero-order valence-corrected chi connectivity index (χ0v) is 9.82. The Hall–Kier alpha value is -1.13. The van der Waals surface area contributed by atoms with Gasteiger partial charge in [-0.15, -0.1) is 0 Å². The Labute approximate surface area is 99.7 Å². The third kappa shape index (κ3) is 5.68. The smallest absolute Gasteiger partial charge is 0.186 e. The van der Waals surface area contributed by atoms with Crippen LogP contribution in [0.2, 0.25) is 0 Å². The highest BCUT2D eigenvalue weighted by Gasteiger charge is 2.01. The molecule has 0 spiro atoms. The molecule has 16 heavy (non-hydrogen) atoms.